The molecule has 2 heterocycles. The van der Waals surface area contributed by atoms with E-state index in [9.17, 15) is 0 Å². The van der Waals surface area contributed by atoms with Crippen molar-refractivity contribution < 1.29 is 0 Å². The summed E-state index contributed by atoms with van der Waals surface area (Å²) in [6.07, 6.45) is 1.20. The third kappa shape index (κ3) is 1.69. The number of aryl methyl sites for hydroxylation is 2. The molecule has 14 heavy (non-hydrogen) atoms. The van der Waals surface area contributed by atoms with Gasteiger partial charge in [-0.1, -0.05) is 6.92 Å². The van der Waals surface area contributed by atoms with Crippen molar-refractivity contribution >= 4 is 0 Å². The first-order valence-corrected chi connectivity index (χ1v) is 5.42. The van der Waals surface area contributed by atoms with E-state index in [4.69, 9.17) is 0 Å². The lowest BCUT2D eigenvalue weighted by Crippen LogP contribution is -2.37. The molecule has 1 N–H and O–H groups in total. The molecule has 2 atom stereocenters. The molecule has 0 bridgehead atoms. The van der Waals surface area contributed by atoms with Crippen LogP contribution in [-0.4, -0.2) is 22.9 Å². The summed E-state index contributed by atoms with van der Waals surface area (Å²) in [5.41, 5.74) is 2.43. The van der Waals surface area contributed by atoms with Gasteiger partial charge in [0, 0.05) is 5.69 Å². The van der Waals surface area contributed by atoms with E-state index in [0.29, 0.717) is 12.0 Å². The highest BCUT2D eigenvalue weighted by molar-refractivity contribution is 5.08. The molecule has 0 radical (unpaired) electrons. The Kier molecular flexibility index (Phi) is 2.59. The van der Waals surface area contributed by atoms with Gasteiger partial charge in [-0.25, -0.2) is 0 Å². The zero-order valence-electron chi connectivity index (χ0n) is 9.25. The highest BCUT2D eigenvalue weighted by atomic mass is 15.3. The maximum atomic E-state index is 4.57. The van der Waals surface area contributed by atoms with Crippen molar-refractivity contribution in [1.82, 2.24) is 15.1 Å². The van der Waals surface area contributed by atoms with Crippen molar-refractivity contribution in [2.45, 2.75) is 33.2 Å². The third-order valence-corrected chi connectivity index (χ3v) is 3.10. The zero-order chi connectivity index (χ0) is 10.1. The molecule has 2 unspecified atom stereocenters. The van der Waals surface area contributed by atoms with Gasteiger partial charge < -0.3 is 5.32 Å². The molecule has 0 aliphatic carbocycles. The summed E-state index contributed by atoms with van der Waals surface area (Å²) in [6.45, 7) is 8.74. The minimum Gasteiger partial charge on any atom is -0.316 e. The van der Waals surface area contributed by atoms with Crippen LogP contribution in [0.3, 0.4) is 0 Å². The zero-order valence-corrected chi connectivity index (χ0v) is 9.25. The summed E-state index contributed by atoms with van der Waals surface area (Å²) in [5, 5.41) is 7.99. The van der Waals surface area contributed by atoms with Crippen LogP contribution in [0.1, 0.15) is 30.8 Å². The molecule has 0 aromatic carbocycles. The number of aromatic nitrogens is 2. The molecule has 3 nitrogen and oxygen atoms in total. The van der Waals surface area contributed by atoms with Gasteiger partial charge >= 0.3 is 0 Å². The smallest absolute Gasteiger partial charge is 0.0596 e. The summed E-state index contributed by atoms with van der Waals surface area (Å²) in [5.74, 6) is 0.682. The van der Waals surface area contributed by atoms with E-state index in [1.807, 2.05) is 0 Å². The molecule has 78 valence electrons. The lowest BCUT2D eigenvalue weighted by Gasteiger charge is -2.30. The molecule has 2 rings (SSSR count). The first-order valence-electron chi connectivity index (χ1n) is 5.42. The van der Waals surface area contributed by atoms with Crippen LogP contribution in [0, 0.1) is 19.8 Å². The fraction of sp³-hybridized carbons (Fsp3) is 0.727. The van der Waals surface area contributed by atoms with Crippen LogP contribution in [0.15, 0.2) is 6.07 Å². The Morgan fingerprint density at radius 3 is 2.86 bits per heavy atom. The average molecular weight is 193 g/mol. The van der Waals surface area contributed by atoms with Crippen molar-refractivity contribution in [3.8, 4) is 0 Å². The number of rotatable bonds is 1. The molecule has 1 aromatic heterocycles. The Labute approximate surface area is 85.5 Å². The van der Waals surface area contributed by atoms with Crippen LogP contribution in [0.5, 0.6) is 0 Å². The van der Waals surface area contributed by atoms with Crippen molar-refractivity contribution in [3.05, 3.63) is 17.5 Å². The summed E-state index contributed by atoms with van der Waals surface area (Å²) < 4.78 is 2.21. The van der Waals surface area contributed by atoms with Crippen LogP contribution < -0.4 is 5.32 Å². The van der Waals surface area contributed by atoms with E-state index >= 15 is 0 Å². The summed E-state index contributed by atoms with van der Waals surface area (Å²) in [6, 6.07) is 2.75. The molecule has 0 amide bonds. The molecule has 0 spiro atoms. The maximum Gasteiger partial charge on any atom is 0.0596 e. The van der Waals surface area contributed by atoms with Crippen molar-refractivity contribution in [2.75, 3.05) is 13.1 Å². The van der Waals surface area contributed by atoms with Gasteiger partial charge in [-0.05, 0) is 45.3 Å². The Hall–Kier alpha value is -0.830. The van der Waals surface area contributed by atoms with Gasteiger partial charge in [0.1, 0.15) is 0 Å². The lowest BCUT2D eigenvalue weighted by molar-refractivity contribution is 0.252. The molecule has 1 aliphatic heterocycles. The highest BCUT2D eigenvalue weighted by Gasteiger charge is 2.24. The van der Waals surface area contributed by atoms with Crippen molar-refractivity contribution in [1.29, 1.82) is 0 Å². The number of nitrogens with one attached hydrogen (secondary N) is 1. The van der Waals surface area contributed by atoms with Crippen LogP contribution in [-0.2, 0) is 0 Å². The average Bonchev–Trinajstić information content (AvgIpc) is 2.46. The maximum absolute atomic E-state index is 4.57. The first kappa shape index (κ1) is 9.71. The van der Waals surface area contributed by atoms with Gasteiger partial charge in [-0.15, -0.1) is 0 Å². The van der Waals surface area contributed by atoms with Gasteiger partial charge in [-0.3, -0.25) is 4.68 Å². The van der Waals surface area contributed by atoms with Crippen molar-refractivity contribution in [3.63, 3.8) is 0 Å². The Bertz CT molecular complexity index is 316. The number of nitrogens with zero attached hydrogens (tertiary/aromatic N) is 2. The van der Waals surface area contributed by atoms with E-state index < -0.39 is 0 Å². The minimum absolute atomic E-state index is 0.588. The van der Waals surface area contributed by atoms with Gasteiger partial charge in [0.05, 0.1) is 11.7 Å². The quantitative estimate of drug-likeness (QED) is 0.735. The second-order valence-corrected chi connectivity index (χ2v) is 4.41. The Balaban J connectivity index is 2.24. The standard InChI is InChI=1S/C11H19N3/c1-8-7-12-5-4-11(8)14-10(3)6-9(2)13-14/h6,8,11-12H,4-5,7H2,1-3H3. The summed E-state index contributed by atoms with van der Waals surface area (Å²) in [7, 11) is 0. The topological polar surface area (TPSA) is 29.9 Å². The van der Waals surface area contributed by atoms with Gasteiger partial charge in [0.15, 0.2) is 0 Å². The fourth-order valence-corrected chi connectivity index (χ4v) is 2.35. The fourth-order valence-electron chi connectivity index (χ4n) is 2.35. The van der Waals surface area contributed by atoms with Crippen LogP contribution in [0.4, 0.5) is 0 Å². The largest absolute Gasteiger partial charge is 0.316 e. The number of hydrogen-bond donors (Lipinski definition) is 1. The molecule has 0 saturated carbocycles. The molecule has 1 aliphatic rings. The van der Waals surface area contributed by atoms with Crippen molar-refractivity contribution in [2.24, 2.45) is 5.92 Å². The molecule has 3 heteroatoms. The predicted octanol–water partition coefficient (Wildman–Crippen LogP) is 1.67. The van der Waals surface area contributed by atoms with E-state index in [1.165, 1.54) is 12.1 Å². The minimum atomic E-state index is 0.588. The van der Waals surface area contributed by atoms with Gasteiger partial charge in [-0.2, -0.15) is 5.10 Å². The molecular weight excluding hydrogens is 174 g/mol. The van der Waals surface area contributed by atoms with E-state index in [2.05, 4.69) is 41.9 Å². The normalized spacial score (nSPS) is 27.9. The molecular formula is C11H19N3. The number of hydrogen-bond acceptors (Lipinski definition) is 2. The SMILES string of the molecule is Cc1cc(C)n(C2CCNCC2C)n1. The van der Waals surface area contributed by atoms with Crippen LogP contribution >= 0.6 is 0 Å². The Morgan fingerprint density at radius 1 is 1.50 bits per heavy atom. The second kappa shape index (κ2) is 3.73. The van der Waals surface area contributed by atoms with Crippen LogP contribution in [0.25, 0.3) is 0 Å². The Morgan fingerprint density at radius 2 is 2.29 bits per heavy atom. The number of piperidine rings is 1. The lowest BCUT2D eigenvalue weighted by atomic mass is 9.95. The molecule has 1 aromatic rings. The first-order chi connectivity index (χ1) is 6.68. The summed E-state index contributed by atoms with van der Waals surface area (Å²) in [4.78, 5) is 0. The second-order valence-electron chi connectivity index (χ2n) is 4.41. The van der Waals surface area contributed by atoms with E-state index in [0.717, 1.165) is 18.8 Å². The summed E-state index contributed by atoms with van der Waals surface area (Å²) >= 11 is 0. The van der Waals surface area contributed by atoms with Gasteiger partial charge in [0.2, 0.25) is 0 Å². The van der Waals surface area contributed by atoms with E-state index in [-0.39, 0.29) is 0 Å². The van der Waals surface area contributed by atoms with Gasteiger partial charge in [0.25, 0.3) is 0 Å². The monoisotopic (exact) mass is 193 g/mol. The molecule has 1 saturated heterocycles. The third-order valence-electron chi connectivity index (χ3n) is 3.10. The predicted molar refractivity (Wildman–Crippen MR) is 57.4 cm³/mol. The van der Waals surface area contributed by atoms with Crippen LogP contribution in [0.2, 0.25) is 0 Å². The van der Waals surface area contributed by atoms with E-state index in [1.54, 1.807) is 0 Å². The molecule has 1 fully saturated rings. The highest BCUT2D eigenvalue weighted by Crippen LogP contribution is 2.25.